The highest BCUT2D eigenvalue weighted by Crippen LogP contribution is 2.68. The molecule has 0 amide bonds. The number of rotatable bonds is 3. The van der Waals surface area contributed by atoms with Crippen molar-refractivity contribution in [2.24, 2.45) is 28.6 Å². The van der Waals surface area contributed by atoms with Crippen LogP contribution in [0.3, 0.4) is 0 Å². The van der Waals surface area contributed by atoms with Crippen molar-refractivity contribution >= 4 is 29.3 Å². The summed E-state index contributed by atoms with van der Waals surface area (Å²) in [7, 11) is 0. The molecule has 0 saturated heterocycles. The molecule has 0 spiro atoms. The molecule has 0 bridgehead atoms. The van der Waals surface area contributed by atoms with Crippen LogP contribution in [0, 0.1) is 28.6 Å². The van der Waals surface area contributed by atoms with E-state index in [2.05, 4.69) is 0 Å². The van der Waals surface area contributed by atoms with Gasteiger partial charge in [-0.15, -0.1) is 0 Å². The van der Waals surface area contributed by atoms with Gasteiger partial charge in [0.2, 0.25) is 0 Å². The van der Waals surface area contributed by atoms with E-state index in [4.69, 9.17) is 21.1 Å². The molecule has 3 fully saturated rings. The number of carbonyl (C=O) groups is 3. The van der Waals surface area contributed by atoms with Crippen LogP contribution in [-0.4, -0.2) is 46.8 Å². The third-order valence-corrected chi connectivity index (χ3v) is 9.15. The van der Waals surface area contributed by atoms with Crippen molar-refractivity contribution in [3.8, 4) is 0 Å². The van der Waals surface area contributed by atoms with E-state index in [0.29, 0.717) is 25.7 Å². The average Bonchev–Trinajstić information content (AvgIpc) is 2.99. The molecule has 4 aliphatic rings. The topological polar surface area (TPSA) is 89.9 Å². The standard InChI is InChI=1S/C23H28ClF3O6/c1-20-7-5-13(28)9-12(20)3-4-14-15-6-8-22(31,18(29)32-11-24)21(15,2)10-16(17(14)20)33-19(30)23(25,26)27/h9,14-17,31H,3-8,10-11H2,1-2H3/t14-,15-,16-,17+,20-,21-,22-/m0/s1. The van der Waals surface area contributed by atoms with Crippen LogP contribution in [0.15, 0.2) is 11.6 Å². The Hall–Kier alpha value is -1.61. The van der Waals surface area contributed by atoms with Crippen LogP contribution >= 0.6 is 11.6 Å². The Morgan fingerprint density at radius 2 is 1.91 bits per heavy atom. The Kier molecular flexibility index (Phi) is 5.92. The normalized spacial score (nSPS) is 42.5. The van der Waals surface area contributed by atoms with Crippen LogP contribution in [0.5, 0.6) is 0 Å². The second-order valence-corrected chi connectivity index (χ2v) is 10.6. The average molecular weight is 493 g/mol. The van der Waals surface area contributed by atoms with E-state index in [9.17, 15) is 32.7 Å². The van der Waals surface area contributed by atoms with E-state index in [1.54, 1.807) is 13.0 Å². The number of hydrogen-bond donors (Lipinski definition) is 1. The van der Waals surface area contributed by atoms with E-state index in [1.807, 2.05) is 6.92 Å². The molecule has 0 aromatic rings. The fourth-order valence-corrected chi connectivity index (χ4v) is 7.57. The molecule has 4 rings (SSSR count). The van der Waals surface area contributed by atoms with Crippen molar-refractivity contribution in [2.45, 2.75) is 76.7 Å². The second kappa shape index (κ2) is 7.97. The lowest BCUT2D eigenvalue weighted by Crippen LogP contribution is -2.62. The number of alkyl halides is 4. The molecular formula is C23H28ClF3O6. The molecule has 0 heterocycles. The van der Waals surface area contributed by atoms with E-state index in [0.717, 1.165) is 5.57 Å². The number of aliphatic hydroxyl groups is 1. The van der Waals surface area contributed by atoms with Gasteiger partial charge in [-0.1, -0.05) is 31.0 Å². The third kappa shape index (κ3) is 3.61. The summed E-state index contributed by atoms with van der Waals surface area (Å²) in [6.07, 6.45) is -2.40. The lowest BCUT2D eigenvalue weighted by Gasteiger charge is -2.60. The largest absolute Gasteiger partial charge is 0.490 e. The Balaban J connectivity index is 1.78. The second-order valence-electron chi connectivity index (χ2n) is 10.4. The minimum Gasteiger partial charge on any atom is -0.455 e. The maximum absolute atomic E-state index is 13.2. The zero-order valence-electron chi connectivity index (χ0n) is 18.5. The number of ketones is 1. The molecule has 7 atom stereocenters. The highest BCUT2D eigenvalue weighted by atomic mass is 35.5. The van der Waals surface area contributed by atoms with Crippen molar-refractivity contribution in [3.63, 3.8) is 0 Å². The van der Waals surface area contributed by atoms with Gasteiger partial charge in [-0.25, -0.2) is 9.59 Å². The summed E-state index contributed by atoms with van der Waals surface area (Å²) < 4.78 is 49.6. The highest BCUT2D eigenvalue weighted by molar-refractivity contribution is 6.17. The van der Waals surface area contributed by atoms with Gasteiger partial charge in [0.25, 0.3) is 0 Å². The van der Waals surface area contributed by atoms with Gasteiger partial charge in [-0.05, 0) is 61.9 Å². The van der Waals surface area contributed by atoms with Crippen LogP contribution in [0.25, 0.3) is 0 Å². The summed E-state index contributed by atoms with van der Waals surface area (Å²) in [5, 5.41) is 11.4. The molecule has 184 valence electrons. The molecule has 0 unspecified atom stereocenters. The molecule has 33 heavy (non-hydrogen) atoms. The fourth-order valence-electron chi connectivity index (χ4n) is 7.48. The van der Waals surface area contributed by atoms with Crippen LogP contribution in [0.1, 0.15) is 58.8 Å². The fraction of sp³-hybridized carbons (Fsp3) is 0.783. The van der Waals surface area contributed by atoms with Gasteiger partial charge in [0.05, 0.1) is 0 Å². The minimum atomic E-state index is -5.17. The van der Waals surface area contributed by atoms with Gasteiger partial charge in [-0.2, -0.15) is 13.2 Å². The molecule has 0 aromatic carbocycles. The van der Waals surface area contributed by atoms with Gasteiger partial charge < -0.3 is 14.6 Å². The summed E-state index contributed by atoms with van der Waals surface area (Å²) >= 11 is 5.54. The molecule has 4 aliphatic carbocycles. The minimum absolute atomic E-state index is 0.00975. The van der Waals surface area contributed by atoms with E-state index in [1.165, 1.54) is 0 Å². The molecule has 10 heteroatoms. The Labute approximate surface area is 194 Å². The van der Waals surface area contributed by atoms with Crippen LogP contribution < -0.4 is 0 Å². The van der Waals surface area contributed by atoms with Gasteiger partial charge in [0, 0.05) is 17.8 Å². The Bertz CT molecular complexity index is 903. The molecule has 6 nitrogen and oxygen atoms in total. The molecule has 0 radical (unpaired) electrons. The maximum atomic E-state index is 13.2. The van der Waals surface area contributed by atoms with Crippen LogP contribution in [0.2, 0.25) is 0 Å². The van der Waals surface area contributed by atoms with E-state index >= 15 is 0 Å². The SMILES string of the molecule is C[C@]12CCC(=O)C=C1CC[C@@H]1[C@@H]2[C@@H](OC(=O)C(F)(F)F)C[C@@]2(C)[C@H]1CC[C@]2(O)C(=O)OCCl. The maximum Gasteiger partial charge on any atom is 0.490 e. The number of halogens is 4. The summed E-state index contributed by atoms with van der Waals surface area (Å²) in [6.45, 7) is 3.60. The molecule has 3 saturated carbocycles. The smallest absolute Gasteiger partial charge is 0.455 e. The number of esters is 2. The first-order valence-electron chi connectivity index (χ1n) is 11.3. The number of fused-ring (bicyclic) bond motifs is 5. The predicted molar refractivity (Wildman–Crippen MR) is 110 cm³/mol. The van der Waals surface area contributed by atoms with Gasteiger partial charge >= 0.3 is 18.1 Å². The number of hydrogen-bond acceptors (Lipinski definition) is 6. The van der Waals surface area contributed by atoms with Crippen molar-refractivity contribution in [1.82, 2.24) is 0 Å². The zero-order valence-corrected chi connectivity index (χ0v) is 19.3. The quantitative estimate of drug-likeness (QED) is 0.472. The van der Waals surface area contributed by atoms with Crippen molar-refractivity contribution in [1.29, 1.82) is 0 Å². The van der Waals surface area contributed by atoms with Gasteiger partial charge in [0.15, 0.2) is 17.5 Å². The van der Waals surface area contributed by atoms with Crippen molar-refractivity contribution in [3.05, 3.63) is 11.6 Å². The number of ether oxygens (including phenoxy) is 2. The lowest BCUT2D eigenvalue weighted by atomic mass is 9.45. The number of allylic oxidation sites excluding steroid dienone is 1. The summed E-state index contributed by atoms with van der Waals surface area (Å²) in [5.41, 5.74) is -2.83. The van der Waals surface area contributed by atoms with Crippen LogP contribution in [-0.2, 0) is 23.9 Å². The first-order valence-corrected chi connectivity index (χ1v) is 11.8. The monoisotopic (exact) mass is 492 g/mol. The number of carbonyl (C=O) groups excluding carboxylic acids is 3. The summed E-state index contributed by atoms with van der Waals surface area (Å²) in [5.74, 6) is -4.04. The lowest BCUT2D eigenvalue weighted by molar-refractivity contribution is -0.229. The Morgan fingerprint density at radius 3 is 2.55 bits per heavy atom. The zero-order chi connectivity index (χ0) is 24.4. The predicted octanol–water partition coefficient (Wildman–Crippen LogP) is 4.07. The molecular weight excluding hydrogens is 465 g/mol. The van der Waals surface area contributed by atoms with Crippen molar-refractivity contribution in [2.75, 3.05) is 6.07 Å². The first kappa shape index (κ1) is 24.5. The molecule has 1 N–H and O–H groups in total. The highest BCUT2D eigenvalue weighted by Gasteiger charge is 2.70. The molecule has 0 aliphatic heterocycles. The van der Waals surface area contributed by atoms with Gasteiger partial charge in [0.1, 0.15) is 6.10 Å². The third-order valence-electron chi connectivity index (χ3n) is 9.04. The van der Waals surface area contributed by atoms with Crippen LogP contribution in [0.4, 0.5) is 13.2 Å². The first-order chi connectivity index (χ1) is 15.3. The summed E-state index contributed by atoms with van der Waals surface area (Å²) in [6, 6.07) is -0.458. The van der Waals surface area contributed by atoms with E-state index < -0.39 is 52.6 Å². The van der Waals surface area contributed by atoms with Crippen molar-refractivity contribution < 1.29 is 42.1 Å². The van der Waals surface area contributed by atoms with Gasteiger partial charge in [-0.3, -0.25) is 4.79 Å². The Morgan fingerprint density at radius 1 is 1.21 bits per heavy atom. The van der Waals surface area contributed by atoms with E-state index in [-0.39, 0.29) is 36.9 Å². The molecule has 0 aromatic heterocycles. The summed E-state index contributed by atoms with van der Waals surface area (Å²) in [4.78, 5) is 36.7.